The van der Waals surface area contributed by atoms with Crippen molar-refractivity contribution in [3.05, 3.63) is 33.3 Å². The van der Waals surface area contributed by atoms with Gasteiger partial charge in [-0.25, -0.2) is 4.39 Å². The van der Waals surface area contributed by atoms with E-state index in [0.29, 0.717) is 15.3 Å². The molecule has 1 aromatic carbocycles. The Morgan fingerprint density at radius 3 is 2.88 bits per heavy atom. The Bertz CT molecular complexity index is 630. The van der Waals surface area contributed by atoms with E-state index in [1.54, 1.807) is 12.1 Å². The molecule has 0 spiro atoms. The highest BCUT2D eigenvalue weighted by molar-refractivity contribution is 9.10. The van der Waals surface area contributed by atoms with E-state index in [4.69, 9.17) is 12.2 Å². The van der Waals surface area contributed by atoms with E-state index in [-0.39, 0.29) is 5.82 Å². The third-order valence-electron chi connectivity index (χ3n) is 2.79. The van der Waals surface area contributed by atoms with Crippen molar-refractivity contribution in [3.8, 4) is 11.4 Å². The average Bonchev–Trinajstić information content (AvgIpc) is 3.06. The zero-order valence-corrected chi connectivity index (χ0v) is 11.2. The van der Waals surface area contributed by atoms with Crippen molar-refractivity contribution in [3.63, 3.8) is 0 Å². The van der Waals surface area contributed by atoms with Crippen LogP contribution in [0.5, 0.6) is 0 Å². The van der Waals surface area contributed by atoms with Crippen LogP contribution in [0.1, 0.15) is 18.9 Å². The van der Waals surface area contributed by atoms with E-state index in [2.05, 4.69) is 26.1 Å². The second-order valence-electron chi connectivity index (χ2n) is 4.08. The Morgan fingerprint density at radius 1 is 1.47 bits per heavy atom. The first-order valence-electron chi connectivity index (χ1n) is 5.29. The lowest BCUT2D eigenvalue weighted by Crippen LogP contribution is -1.97. The van der Waals surface area contributed by atoms with Crippen LogP contribution >= 0.6 is 28.1 Å². The fraction of sp³-hybridized carbons (Fsp3) is 0.273. The molecule has 3 nitrogen and oxygen atoms in total. The Hall–Kier alpha value is -1.01. The van der Waals surface area contributed by atoms with Crippen molar-refractivity contribution in [2.24, 2.45) is 0 Å². The molecule has 0 radical (unpaired) electrons. The van der Waals surface area contributed by atoms with Crippen LogP contribution in [0.2, 0.25) is 0 Å². The number of hydrogen-bond donors (Lipinski definition) is 1. The van der Waals surface area contributed by atoms with Crippen molar-refractivity contribution < 1.29 is 4.39 Å². The molecule has 0 aliphatic heterocycles. The van der Waals surface area contributed by atoms with Gasteiger partial charge < -0.3 is 0 Å². The molecule has 0 saturated heterocycles. The zero-order chi connectivity index (χ0) is 12.0. The van der Waals surface area contributed by atoms with Gasteiger partial charge in [0, 0.05) is 11.6 Å². The van der Waals surface area contributed by atoms with Crippen LogP contribution in [0, 0.1) is 10.6 Å². The van der Waals surface area contributed by atoms with E-state index in [1.807, 2.05) is 4.57 Å². The Balaban J connectivity index is 2.14. The minimum atomic E-state index is -0.277. The number of aromatic nitrogens is 3. The lowest BCUT2D eigenvalue weighted by Gasteiger charge is -2.05. The van der Waals surface area contributed by atoms with Gasteiger partial charge in [-0.3, -0.25) is 9.67 Å². The first kappa shape index (κ1) is 11.1. The molecule has 0 amide bonds. The first-order valence-corrected chi connectivity index (χ1v) is 6.49. The molecular weight excluding hydrogens is 305 g/mol. The normalized spacial score (nSPS) is 15.2. The molecule has 2 aromatic rings. The highest BCUT2D eigenvalue weighted by Gasteiger charge is 2.27. The number of halogens is 2. The Kier molecular flexibility index (Phi) is 2.63. The van der Waals surface area contributed by atoms with Gasteiger partial charge in [-0.05, 0) is 59.2 Å². The molecular formula is C11H9BrFN3S. The van der Waals surface area contributed by atoms with E-state index >= 15 is 0 Å². The number of H-pyrrole nitrogens is 1. The molecule has 0 bridgehead atoms. The van der Waals surface area contributed by atoms with Gasteiger partial charge in [0.1, 0.15) is 5.82 Å². The smallest absolute Gasteiger partial charge is 0.195 e. The second-order valence-corrected chi connectivity index (χ2v) is 5.32. The summed E-state index contributed by atoms with van der Waals surface area (Å²) in [7, 11) is 0. The summed E-state index contributed by atoms with van der Waals surface area (Å²) >= 11 is 8.39. The van der Waals surface area contributed by atoms with E-state index in [9.17, 15) is 4.39 Å². The summed E-state index contributed by atoms with van der Waals surface area (Å²) in [6.45, 7) is 0. The summed E-state index contributed by atoms with van der Waals surface area (Å²) in [6.07, 6.45) is 2.26. The second kappa shape index (κ2) is 4.03. The number of nitrogens with one attached hydrogen (secondary N) is 1. The van der Waals surface area contributed by atoms with Crippen LogP contribution in [0.15, 0.2) is 22.7 Å². The predicted octanol–water partition coefficient (Wildman–Crippen LogP) is 3.84. The maximum absolute atomic E-state index is 13.2. The number of aromatic amines is 1. The van der Waals surface area contributed by atoms with Crippen LogP contribution in [0.3, 0.4) is 0 Å². The Labute approximate surface area is 111 Å². The number of nitrogens with zero attached hydrogens (tertiary/aromatic N) is 2. The van der Waals surface area contributed by atoms with Crippen molar-refractivity contribution in [2.45, 2.75) is 18.9 Å². The lowest BCUT2D eigenvalue weighted by molar-refractivity contribution is 0.621. The van der Waals surface area contributed by atoms with Gasteiger partial charge in [-0.2, -0.15) is 5.10 Å². The standard InChI is InChI=1S/C11H9BrFN3S/c12-8-5-6(1-4-9(8)13)10-14-15-11(17)16(10)7-2-3-7/h1,4-5,7H,2-3H2,(H,15,17). The summed E-state index contributed by atoms with van der Waals surface area (Å²) in [5.41, 5.74) is 0.859. The van der Waals surface area contributed by atoms with Gasteiger partial charge >= 0.3 is 0 Å². The van der Waals surface area contributed by atoms with Crippen LogP contribution in [0.25, 0.3) is 11.4 Å². The summed E-state index contributed by atoms with van der Waals surface area (Å²) < 4.78 is 16.3. The van der Waals surface area contributed by atoms with Crippen molar-refractivity contribution in [1.82, 2.24) is 14.8 Å². The maximum atomic E-state index is 13.2. The average molecular weight is 314 g/mol. The van der Waals surface area contributed by atoms with E-state index < -0.39 is 0 Å². The molecule has 1 fully saturated rings. The monoisotopic (exact) mass is 313 g/mol. The van der Waals surface area contributed by atoms with Crippen LogP contribution < -0.4 is 0 Å². The number of hydrogen-bond acceptors (Lipinski definition) is 2. The molecule has 1 aliphatic carbocycles. The topological polar surface area (TPSA) is 33.6 Å². The van der Waals surface area contributed by atoms with Gasteiger partial charge in [-0.15, -0.1) is 0 Å². The third kappa shape index (κ3) is 1.95. The zero-order valence-electron chi connectivity index (χ0n) is 8.78. The SMILES string of the molecule is Fc1ccc(-c2n[nH]c(=S)n2C2CC2)cc1Br. The molecule has 1 aromatic heterocycles. The highest BCUT2D eigenvalue weighted by Crippen LogP contribution is 2.38. The summed E-state index contributed by atoms with van der Waals surface area (Å²) in [4.78, 5) is 0. The van der Waals surface area contributed by atoms with Crippen molar-refractivity contribution in [2.75, 3.05) is 0 Å². The van der Waals surface area contributed by atoms with Crippen LogP contribution in [0.4, 0.5) is 4.39 Å². The summed E-state index contributed by atoms with van der Waals surface area (Å²) in [6, 6.07) is 5.30. The molecule has 1 heterocycles. The van der Waals surface area contributed by atoms with Crippen LogP contribution in [-0.4, -0.2) is 14.8 Å². The van der Waals surface area contributed by atoms with E-state index in [1.165, 1.54) is 6.07 Å². The van der Waals surface area contributed by atoms with Gasteiger partial charge in [0.2, 0.25) is 0 Å². The molecule has 1 saturated carbocycles. The minimum Gasteiger partial charge on any atom is -0.297 e. The van der Waals surface area contributed by atoms with Gasteiger partial charge in [0.15, 0.2) is 10.6 Å². The fourth-order valence-electron chi connectivity index (χ4n) is 1.82. The highest BCUT2D eigenvalue weighted by atomic mass is 79.9. The van der Waals surface area contributed by atoms with Gasteiger partial charge in [-0.1, -0.05) is 0 Å². The lowest BCUT2D eigenvalue weighted by atomic mass is 10.2. The number of rotatable bonds is 2. The number of benzene rings is 1. The molecule has 0 unspecified atom stereocenters. The fourth-order valence-corrected chi connectivity index (χ4v) is 2.48. The maximum Gasteiger partial charge on any atom is 0.195 e. The molecule has 3 rings (SSSR count). The van der Waals surface area contributed by atoms with Gasteiger partial charge in [0.05, 0.1) is 4.47 Å². The Morgan fingerprint density at radius 2 is 2.24 bits per heavy atom. The van der Waals surface area contributed by atoms with Crippen molar-refractivity contribution in [1.29, 1.82) is 0 Å². The molecule has 1 N–H and O–H groups in total. The predicted molar refractivity (Wildman–Crippen MR) is 68.8 cm³/mol. The molecule has 17 heavy (non-hydrogen) atoms. The minimum absolute atomic E-state index is 0.277. The van der Waals surface area contributed by atoms with Crippen molar-refractivity contribution >= 4 is 28.1 Å². The third-order valence-corrected chi connectivity index (χ3v) is 3.69. The molecule has 88 valence electrons. The van der Waals surface area contributed by atoms with Gasteiger partial charge in [0.25, 0.3) is 0 Å². The molecule has 1 aliphatic rings. The molecule has 0 atom stereocenters. The first-order chi connectivity index (χ1) is 8.16. The summed E-state index contributed by atoms with van der Waals surface area (Å²) in [5.74, 6) is 0.499. The van der Waals surface area contributed by atoms with Crippen LogP contribution in [-0.2, 0) is 0 Å². The summed E-state index contributed by atoms with van der Waals surface area (Å²) in [5, 5.41) is 7.02. The van der Waals surface area contributed by atoms with E-state index in [0.717, 1.165) is 24.2 Å². The molecule has 6 heteroatoms. The quantitative estimate of drug-likeness (QED) is 0.854. The largest absolute Gasteiger partial charge is 0.297 e.